The molecule has 4 aliphatic rings. The van der Waals surface area contributed by atoms with Crippen molar-refractivity contribution < 1.29 is 42.9 Å². The summed E-state index contributed by atoms with van der Waals surface area (Å²) in [5, 5.41) is 12.4. The second-order valence-corrected chi connectivity index (χ2v) is 13.5. The van der Waals surface area contributed by atoms with E-state index in [1.807, 2.05) is 20.8 Å². The van der Waals surface area contributed by atoms with Gasteiger partial charge in [-0.3, -0.25) is 19.2 Å². The number of fused-ring (bicyclic) bond motifs is 5. The van der Waals surface area contributed by atoms with Crippen molar-refractivity contribution in [1.82, 2.24) is 0 Å². The predicted molar refractivity (Wildman–Crippen MR) is 141 cm³/mol. The number of methoxy groups -OCH3 is 1. The van der Waals surface area contributed by atoms with Gasteiger partial charge in [-0.2, -0.15) is 0 Å². The molecule has 0 aromatic carbocycles. The molecule has 0 unspecified atom stereocenters. The smallest absolute Gasteiger partial charge is 0.310 e. The van der Waals surface area contributed by atoms with Crippen molar-refractivity contribution >= 4 is 23.7 Å². The summed E-state index contributed by atoms with van der Waals surface area (Å²) < 4.78 is 22.2. The van der Waals surface area contributed by atoms with Crippen molar-refractivity contribution in [3.8, 4) is 0 Å². The van der Waals surface area contributed by atoms with E-state index in [1.54, 1.807) is 32.4 Å². The third-order valence-electron chi connectivity index (χ3n) is 10.5. The summed E-state index contributed by atoms with van der Waals surface area (Å²) in [5.74, 6) is -3.21. The molecule has 0 radical (unpaired) electrons. The summed E-state index contributed by atoms with van der Waals surface area (Å²) >= 11 is 0. The van der Waals surface area contributed by atoms with Gasteiger partial charge in [0.15, 0.2) is 11.4 Å². The Hall–Kier alpha value is -2.94. The molecule has 9 heteroatoms. The quantitative estimate of drug-likeness (QED) is 0.317. The van der Waals surface area contributed by atoms with Crippen LogP contribution in [0.4, 0.5) is 0 Å². The molecular weight excluding hydrogens is 516 g/mol. The number of rotatable bonds is 5. The molecule has 0 amide bonds. The van der Waals surface area contributed by atoms with Gasteiger partial charge >= 0.3 is 17.9 Å². The molecule has 3 aliphatic carbocycles. The predicted octanol–water partition coefficient (Wildman–Crippen LogP) is 4.48. The van der Waals surface area contributed by atoms with Crippen molar-refractivity contribution in [3.63, 3.8) is 0 Å². The summed E-state index contributed by atoms with van der Waals surface area (Å²) in [4.78, 5) is 53.2. The van der Waals surface area contributed by atoms with Crippen LogP contribution < -0.4 is 0 Å². The number of furan rings is 1. The maximum atomic E-state index is 14.5. The fourth-order valence-electron chi connectivity index (χ4n) is 8.56. The number of ketones is 1. The number of Topliss-reactive ketones (excluding diaryl/α,β-unsaturated/α-hetero) is 1. The van der Waals surface area contributed by atoms with Gasteiger partial charge in [0.1, 0.15) is 12.2 Å². The maximum absolute atomic E-state index is 14.5. The lowest BCUT2D eigenvalue weighted by Crippen LogP contribution is -2.75. The van der Waals surface area contributed by atoms with Gasteiger partial charge in [0.2, 0.25) is 0 Å². The molecule has 5 rings (SSSR count). The fraction of sp³-hybridized carbons (Fsp3) is 0.677. The Morgan fingerprint density at radius 3 is 2.48 bits per heavy atom. The first-order chi connectivity index (χ1) is 18.6. The first-order valence-corrected chi connectivity index (χ1v) is 14.1. The second-order valence-electron chi connectivity index (χ2n) is 13.5. The minimum absolute atomic E-state index is 0.0402. The number of cyclic esters (lactones) is 1. The summed E-state index contributed by atoms with van der Waals surface area (Å²) in [7, 11) is 1.30. The lowest BCUT2D eigenvalue weighted by molar-refractivity contribution is -0.237. The summed E-state index contributed by atoms with van der Waals surface area (Å²) in [6.07, 6.45) is 2.49. The zero-order valence-corrected chi connectivity index (χ0v) is 24.4. The third kappa shape index (κ3) is 3.83. The average Bonchev–Trinajstić information content (AvgIpc) is 3.42. The van der Waals surface area contributed by atoms with Crippen LogP contribution in [0, 0.1) is 34.0 Å². The normalized spacial score (nSPS) is 38.3. The van der Waals surface area contributed by atoms with Gasteiger partial charge in [-0.15, -0.1) is 0 Å². The number of hydrogen-bond donors (Lipinski definition) is 1. The van der Waals surface area contributed by atoms with E-state index < -0.39 is 63.6 Å². The zero-order valence-electron chi connectivity index (χ0n) is 24.4. The number of hydrogen-bond acceptors (Lipinski definition) is 9. The standard InChI is InChI=1S/C31H40O9/c1-16(2)25(34)40-27-28(3,4)21(13-22(32)37-7)30(6)19-8-10-29(5)20(18(19)14-31(27,36)26(30)35)12-23(33)39-24(29)17-9-11-38-15-17/h9,11,15-16,19,21,24,27,36H,8,10,12-14H2,1-7H3/t19-,21-,24-,27-,29+,30+,31-/m0/s1. The molecular formula is C31H40O9. The van der Waals surface area contributed by atoms with Gasteiger partial charge in [0.25, 0.3) is 0 Å². The minimum Gasteiger partial charge on any atom is -0.472 e. The van der Waals surface area contributed by atoms with E-state index in [2.05, 4.69) is 6.92 Å². The van der Waals surface area contributed by atoms with E-state index in [1.165, 1.54) is 7.11 Å². The maximum Gasteiger partial charge on any atom is 0.310 e. The lowest BCUT2D eigenvalue weighted by atomic mass is 9.39. The Bertz CT molecular complexity index is 1270. The van der Waals surface area contributed by atoms with Crippen LogP contribution in [0.5, 0.6) is 0 Å². The van der Waals surface area contributed by atoms with Crippen molar-refractivity contribution in [2.75, 3.05) is 7.11 Å². The van der Waals surface area contributed by atoms with Crippen LogP contribution in [0.2, 0.25) is 0 Å². The average molecular weight is 557 g/mol. The number of aliphatic hydroxyl groups is 1. The zero-order chi connectivity index (χ0) is 29.4. The van der Waals surface area contributed by atoms with Crippen LogP contribution >= 0.6 is 0 Å². The Morgan fingerprint density at radius 1 is 1.18 bits per heavy atom. The first-order valence-electron chi connectivity index (χ1n) is 14.1. The van der Waals surface area contributed by atoms with E-state index in [-0.39, 0.29) is 31.1 Å². The van der Waals surface area contributed by atoms with Crippen LogP contribution in [0.3, 0.4) is 0 Å². The van der Waals surface area contributed by atoms with E-state index in [9.17, 15) is 24.3 Å². The molecule has 3 fully saturated rings. The van der Waals surface area contributed by atoms with E-state index in [0.717, 1.165) is 16.7 Å². The largest absolute Gasteiger partial charge is 0.472 e. The van der Waals surface area contributed by atoms with E-state index in [4.69, 9.17) is 18.6 Å². The number of ether oxygens (including phenoxy) is 3. The number of esters is 3. The second kappa shape index (κ2) is 9.29. The third-order valence-corrected chi connectivity index (χ3v) is 10.5. The van der Waals surface area contributed by atoms with Crippen LogP contribution in [-0.2, 0) is 33.4 Å². The van der Waals surface area contributed by atoms with Crippen molar-refractivity contribution in [3.05, 3.63) is 35.3 Å². The molecule has 7 atom stereocenters. The Balaban J connectivity index is 1.72. The highest BCUT2D eigenvalue weighted by Gasteiger charge is 2.74. The Kier molecular flexibility index (Phi) is 6.64. The summed E-state index contributed by atoms with van der Waals surface area (Å²) in [6, 6.07) is 1.78. The highest BCUT2D eigenvalue weighted by atomic mass is 16.6. The molecule has 40 heavy (non-hydrogen) atoms. The first kappa shape index (κ1) is 28.6. The molecule has 1 aromatic heterocycles. The molecule has 1 aliphatic heterocycles. The van der Waals surface area contributed by atoms with Crippen LogP contribution in [0.25, 0.3) is 0 Å². The van der Waals surface area contributed by atoms with Gasteiger partial charge in [0, 0.05) is 34.7 Å². The van der Waals surface area contributed by atoms with Crippen LogP contribution in [0.1, 0.15) is 85.3 Å². The molecule has 1 N–H and O–H groups in total. The lowest BCUT2D eigenvalue weighted by Gasteiger charge is -2.65. The van der Waals surface area contributed by atoms with Gasteiger partial charge in [-0.25, -0.2) is 0 Å². The van der Waals surface area contributed by atoms with Crippen LogP contribution in [-0.4, -0.2) is 47.6 Å². The van der Waals surface area contributed by atoms with Gasteiger partial charge in [0.05, 0.1) is 32.0 Å². The molecule has 218 valence electrons. The highest BCUT2D eigenvalue weighted by Crippen LogP contribution is 2.69. The minimum atomic E-state index is -2.03. The fourth-order valence-corrected chi connectivity index (χ4v) is 8.56. The number of carbonyl (C=O) groups is 4. The monoisotopic (exact) mass is 556 g/mol. The van der Waals surface area contributed by atoms with Gasteiger partial charge in [-0.1, -0.05) is 47.1 Å². The molecule has 1 aromatic rings. The van der Waals surface area contributed by atoms with E-state index >= 15 is 0 Å². The molecule has 2 saturated carbocycles. The van der Waals surface area contributed by atoms with Gasteiger partial charge in [-0.05, 0) is 36.3 Å². The van der Waals surface area contributed by atoms with Crippen molar-refractivity contribution in [2.45, 2.75) is 91.5 Å². The topological polar surface area (TPSA) is 129 Å². The van der Waals surface area contributed by atoms with Crippen molar-refractivity contribution in [1.29, 1.82) is 0 Å². The SMILES string of the molecule is COC(=O)C[C@H]1C(C)(C)[C@H](OC(=O)C(C)C)[C@]2(O)CC3=C4CC(=O)O[C@@H](c5ccoc5)[C@]4(C)CC[C@@H]3[C@@]1(C)C2=O. The molecule has 2 heterocycles. The van der Waals surface area contributed by atoms with Gasteiger partial charge < -0.3 is 23.7 Å². The molecule has 9 nitrogen and oxygen atoms in total. The highest BCUT2D eigenvalue weighted by molar-refractivity contribution is 5.98. The molecule has 0 spiro atoms. The number of carbonyl (C=O) groups excluding carboxylic acids is 4. The molecule has 2 bridgehead atoms. The molecule has 1 saturated heterocycles. The summed E-state index contributed by atoms with van der Waals surface area (Å²) in [5.41, 5.74) is -2.29. The Morgan fingerprint density at radius 2 is 1.88 bits per heavy atom. The van der Waals surface area contributed by atoms with E-state index in [0.29, 0.717) is 12.8 Å². The van der Waals surface area contributed by atoms with Crippen molar-refractivity contribution in [2.24, 2.45) is 34.0 Å². The Labute approximate surface area is 234 Å². The summed E-state index contributed by atoms with van der Waals surface area (Å²) in [6.45, 7) is 11.0. The van der Waals surface area contributed by atoms with Crippen LogP contribution in [0.15, 0.2) is 34.2 Å².